The standard InChI is InChI=1S/C17H19NO5S/c1-3-10-7-11(17(22)23-2)15(24-10)18-14(19)12-8-4-5-9(6-8)13(12)16(20)21/h4-5,7-9,12-13H,3,6H2,1-2H3,(H,18,19)(H,20,21)/p-1/t8-,9+,12-,13+/m1/s1. The smallest absolute Gasteiger partial charge is 0.340 e. The van der Waals surface area contributed by atoms with E-state index in [2.05, 4.69) is 5.32 Å². The Kier molecular flexibility index (Phi) is 4.45. The maximum Gasteiger partial charge on any atom is 0.340 e. The van der Waals surface area contributed by atoms with Crippen LogP contribution in [-0.2, 0) is 20.7 Å². The lowest BCUT2D eigenvalue weighted by Gasteiger charge is -2.27. The number of esters is 1. The van der Waals surface area contributed by atoms with Crippen LogP contribution in [0.1, 0.15) is 28.6 Å². The summed E-state index contributed by atoms with van der Waals surface area (Å²) < 4.78 is 4.75. The molecule has 1 N–H and O–H groups in total. The van der Waals surface area contributed by atoms with Gasteiger partial charge in [-0.1, -0.05) is 19.1 Å². The minimum absolute atomic E-state index is 0.0925. The summed E-state index contributed by atoms with van der Waals surface area (Å²) in [7, 11) is 1.28. The number of thiophene rings is 1. The molecule has 128 valence electrons. The molecule has 0 aliphatic heterocycles. The van der Waals surface area contributed by atoms with E-state index >= 15 is 0 Å². The fraction of sp³-hybridized carbons (Fsp3) is 0.471. The Hall–Kier alpha value is -2.15. The number of fused-ring (bicyclic) bond motifs is 2. The number of aliphatic carboxylic acids is 1. The number of amides is 1. The van der Waals surface area contributed by atoms with Crippen LogP contribution in [0.4, 0.5) is 5.00 Å². The van der Waals surface area contributed by atoms with E-state index in [0.717, 1.165) is 11.3 Å². The van der Waals surface area contributed by atoms with Crippen LogP contribution in [0.15, 0.2) is 18.2 Å². The van der Waals surface area contributed by atoms with Gasteiger partial charge in [0.1, 0.15) is 5.00 Å². The van der Waals surface area contributed by atoms with E-state index in [1.165, 1.54) is 18.4 Å². The molecule has 1 fully saturated rings. The van der Waals surface area contributed by atoms with Crippen molar-refractivity contribution in [3.63, 3.8) is 0 Å². The van der Waals surface area contributed by atoms with E-state index < -0.39 is 23.8 Å². The lowest BCUT2D eigenvalue weighted by molar-refractivity contribution is -0.313. The molecule has 0 radical (unpaired) electrons. The molecule has 2 bridgehead atoms. The normalized spacial score (nSPS) is 27.2. The highest BCUT2D eigenvalue weighted by molar-refractivity contribution is 7.16. The monoisotopic (exact) mass is 348 g/mol. The molecule has 2 aliphatic rings. The molecular weight excluding hydrogens is 330 g/mol. The second kappa shape index (κ2) is 6.39. The largest absolute Gasteiger partial charge is 0.550 e. The maximum atomic E-state index is 12.7. The Morgan fingerprint density at radius 1 is 1.29 bits per heavy atom. The van der Waals surface area contributed by atoms with Crippen molar-refractivity contribution in [3.8, 4) is 0 Å². The fourth-order valence-corrected chi connectivity index (χ4v) is 4.65. The van der Waals surface area contributed by atoms with Crippen molar-refractivity contribution in [2.75, 3.05) is 12.4 Å². The van der Waals surface area contributed by atoms with E-state index in [1.54, 1.807) is 6.07 Å². The number of rotatable bonds is 5. The molecule has 7 heteroatoms. The molecule has 4 atom stereocenters. The molecule has 1 saturated carbocycles. The zero-order valence-corrected chi connectivity index (χ0v) is 14.2. The van der Waals surface area contributed by atoms with E-state index in [4.69, 9.17) is 4.74 Å². The minimum atomic E-state index is -1.19. The van der Waals surface area contributed by atoms with Crippen molar-refractivity contribution in [3.05, 3.63) is 28.7 Å². The van der Waals surface area contributed by atoms with E-state index in [1.807, 2.05) is 19.1 Å². The van der Waals surface area contributed by atoms with E-state index in [9.17, 15) is 19.5 Å². The van der Waals surface area contributed by atoms with Crippen LogP contribution >= 0.6 is 11.3 Å². The maximum absolute atomic E-state index is 12.7. The molecule has 0 aromatic carbocycles. The molecule has 0 spiro atoms. The summed E-state index contributed by atoms with van der Waals surface area (Å²) in [6.45, 7) is 1.95. The van der Waals surface area contributed by atoms with Crippen molar-refractivity contribution in [2.24, 2.45) is 23.7 Å². The number of hydrogen-bond acceptors (Lipinski definition) is 6. The van der Waals surface area contributed by atoms with Crippen molar-refractivity contribution in [2.45, 2.75) is 19.8 Å². The van der Waals surface area contributed by atoms with Gasteiger partial charge in [0.05, 0.1) is 18.6 Å². The van der Waals surface area contributed by atoms with Gasteiger partial charge in [-0.3, -0.25) is 4.79 Å². The highest BCUT2D eigenvalue weighted by Crippen LogP contribution is 2.48. The van der Waals surface area contributed by atoms with Crippen molar-refractivity contribution in [1.82, 2.24) is 0 Å². The first-order valence-electron chi connectivity index (χ1n) is 7.87. The van der Waals surface area contributed by atoms with Gasteiger partial charge in [-0.2, -0.15) is 0 Å². The van der Waals surface area contributed by atoms with Gasteiger partial charge in [-0.05, 0) is 30.7 Å². The first-order valence-corrected chi connectivity index (χ1v) is 8.69. The molecule has 3 rings (SSSR count). The van der Waals surface area contributed by atoms with Crippen molar-refractivity contribution >= 4 is 34.2 Å². The molecule has 2 aliphatic carbocycles. The molecule has 24 heavy (non-hydrogen) atoms. The SMILES string of the molecule is CCc1cc(C(=O)OC)c(NC(=O)[C@H]2[C@@H](C(=O)[O-])[C@H]3C=C[C@@H]2C3)s1. The Morgan fingerprint density at radius 3 is 2.54 bits per heavy atom. The van der Waals surface area contributed by atoms with Gasteiger partial charge in [0.2, 0.25) is 5.91 Å². The highest BCUT2D eigenvalue weighted by Gasteiger charge is 2.48. The van der Waals surface area contributed by atoms with Crippen LogP contribution in [0.5, 0.6) is 0 Å². The van der Waals surface area contributed by atoms with Gasteiger partial charge in [-0.25, -0.2) is 4.79 Å². The van der Waals surface area contributed by atoms with Gasteiger partial charge >= 0.3 is 5.97 Å². The molecule has 0 saturated heterocycles. The quantitative estimate of drug-likeness (QED) is 0.638. The molecule has 1 aromatic heterocycles. The highest BCUT2D eigenvalue weighted by atomic mass is 32.1. The molecule has 1 amide bonds. The Bertz CT molecular complexity index is 723. The Labute approximate surface area is 143 Å². The summed E-state index contributed by atoms with van der Waals surface area (Å²) in [4.78, 5) is 37.0. The van der Waals surface area contributed by atoms with E-state index in [0.29, 0.717) is 17.0 Å². The first-order chi connectivity index (χ1) is 11.5. The Balaban J connectivity index is 1.85. The van der Waals surface area contributed by atoms with Crippen molar-refractivity contribution < 1.29 is 24.2 Å². The summed E-state index contributed by atoms with van der Waals surface area (Å²) in [5, 5.41) is 14.6. The Morgan fingerprint density at radius 2 is 1.96 bits per heavy atom. The zero-order valence-electron chi connectivity index (χ0n) is 13.4. The molecule has 1 heterocycles. The van der Waals surface area contributed by atoms with Crippen molar-refractivity contribution in [1.29, 1.82) is 0 Å². The number of carboxylic acids is 1. The lowest BCUT2D eigenvalue weighted by Crippen LogP contribution is -2.42. The summed E-state index contributed by atoms with van der Waals surface area (Å²) in [5.74, 6) is -3.81. The lowest BCUT2D eigenvalue weighted by atomic mass is 9.82. The third-order valence-electron chi connectivity index (χ3n) is 4.81. The number of carbonyl (C=O) groups excluding carboxylic acids is 3. The van der Waals surface area contributed by atoms with Gasteiger partial charge in [0.25, 0.3) is 0 Å². The number of ether oxygens (including phenoxy) is 1. The van der Waals surface area contributed by atoms with Crippen LogP contribution in [0, 0.1) is 23.7 Å². The summed E-state index contributed by atoms with van der Waals surface area (Å²) in [5.41, 5.74) is 0.302. The number of anilines is 1. The number of hydrogen-bond donors (Lipinski definition) is 1. The van der Waals surface area contributed by atoms with Gasteiger partial charge < -0.3 is 20.0 Å². The van der Waals surface area contributed by atoms with Gasteiger partial charge in [0, 0.05) is 16.8 Å². The minimum Gasteiger partial charge on any atom is -0.550 e. The van der Waals surface area contributed by atoms with Gasteiger partial charge in [0.15, 0.2) is 0 Å². The predicted octanol–water partition coefficient (Wildman–Crippen LogP) is 1.22. The van der Waals surface area contributed by atoms with Crippen LogP contribution in [0.3, 0.4) is 0 Å². The number of nitrogens with one attached hydrogen (secondary N) is 1. The number of carboxylic acid groups (broad SMARTS) is 1. The summed E-state index contributed by atoms with van der Waals surface area (Å²) >= 11 is 1.31. The third-order valence-corrected chi connectivity index (χ3v) is 6.00. The number of methoxy groups -OCH3 is 1. The molecular formula is C17H18NO5S-. The summed E-state index contributed by atoms with van der Waals surface area (Å²) in [6, 6.07) is 1.70. The summed E-state index contributed by atoms with van der Waals surface area (Å²) in [6.07, 6.45) is 5.14. The second-order valence-corrected chi connectivity index (χ2v) is 7.25. The average molecular weight is 348 g/mol. The number of allylic oxidation sites excluding steroid dienone is 2. The fourth-order valence-electron chi connectivity index (χ4n) is 3.67. The molecule has 0 unspecified atom stereocenters. The van der Waals surface area contributed by atoms with Crippen LogP contribution in [0.2, 0.25) is 0 Å². The van der Waals surface area contributed by atoms with E-state index in [-0.39, 0.29) is 17.7 Å². The third kappa shape index (κ3) is 2.73. The first kappa shape index (κ1) is 16.7. The zero-order chi connectivity index (χ0) is 17.4. The van der Waals surface area contributed by atoms with Gasteiger partial charge in [-0.15, -0.1) is 11.3 Å². The van der Waals surface area contributed by atoms with Crippen LogP contribution in [-0.4, -0.2) is 25.0 Å². The number of carbonyl (C=O) groups is 3. The van der Waals surface area contributed by atoms with Crippen LogP contribution < -0.4 is 10.4 Å². The average Bonchev–Trinajstić information content (AvgIpc) is 3.27. The molecule has 6 nitrogen and oxygen atoms in total. The number of aryl methyl sites for hydroxylation is 1. The van der Waals surface area contributed by atoms with Crippen LogP contribution in [0.25, 0.3) is 0 Å². The topological polar surface area (TPSA) is 95.5 Å². The molecule has 1 aromatic rings. The second-order valence-electron chi connectivity index (χ2n) is 6.11. The predicted molar refractivity (Wildman–Crippen MR) is 86.4 cm³/mol.